The largest absolute Gasteiger partial charge is 0.483 e. The number of amidine groups is 1. The molecule has 0 aliphatic carbocycles. The Balaban J connectivity index is 1.62. The molecule has 1 atom stereocenters. The molecular weight excluding hydrogens is 386 g/mol. The van der Waals surface area contributed by atoms with Crippen molar-refractivity contribution < 1.29 is 9.53 Å². The molecule has 2 N–H and O–H groups in total. The third kappa shape index (κ3) is 2.87. The van der Waals surface area contributed by atoms with Crippen LogP contribution in [0.5, 0.6) is 5.75 Å². The first-order valence-corrected chi connectivity index (χ1v) is 9.20. The van der Waals surface area contributed by atoms with Crippen molar-refractivity contribution in [1.29, 1.82) is 0 Å². The summed E-state index contributed by atoms with van der Waals surface area (Å²) in [5.74, 6) is 1.37. The van der Waals surface area contributed by atoms with Gasteiger partial charge in [-0.05, 0) is 42.0 Å². The highest BCUT2D eigenvalue weighted by atomic mass is 79.9. The van der Waals surface area contributed by atoms with Gasteiger partial charge in [0.05, 0.1) is 11.4 Å². The zero-order valence-corrected chi connectivity index (χ0v) is 16.2. The van der Waals surface area contributed by atoms with Crippen LogP contribution < -0.4 is 20.4 Å². The lowest BCUT2D eigenvalue weighted by molar-refractivity contribution is -0.122. The van der Waals surface area contributed by atoms with Crippen LogP contribution in [0, 0.1) is 5.41 Å². The molecule has 7 nitrogen and oxygen atoms in total. The number of rotatable bonds is 3. The van der Waals surface area contributed by atoms with Crippen LogP contribution >= 0.6 is 15.9 Å². The molecule has 4 rings (SSSR count). The lowest BCUT2D eigenvalue weighted by Crippen LogP contribution is -2.56. The van der Waals surface area contributed by atoms with Crippen molar-refractivity contribution in [3.8, 4) is 5.75 Å². The van der Waals surface area contributed by atoms with E-state index in [1.54, 1.807) is 0 Å². The van der Waals surface area contributed by atoms with E-state index >= 15 is 0 Å². The van der Waals surface area contributed by atoms with Crippen LogP contribution in [-0.4, -0.2) is 56.0 Å². The first kappa shape index (κ1) is 16.7. The number of hydrogen-bond acceptors (Lipinski definition) is 6. The Morgan fingerprint density at radius 2 is 2.24 bits per heavy atom. The highest BCUT2D eigenvalue weighted by molar-refractivity contribution is 9.10. The van der Waals surface area contributed by atoms with Gasteiger partial charge in [0.1, 0.15) is 18.4 Å². The summed E-state index contributed by atoms with van der Waals surface area (Å²) in [6.07, 6.45) is 0. The summed E-state index contributed by atoms with van der Waals surface area (Å²) < 4.78 is 6.77. The topological polar surface area (TPSA) is 69.2 Å². The second-order valence-electron chi connectivity index (χ2n) is 7.48. The third-order valence-corrected chi connectivity index (χ3v) is 5.67. The van der Waals surface area contributed by atoms with Gasteiger partial charge < -0.3 is 19.9 Å². The maximum atomic E-state index is 12.0. The number of halogens is 1. The number of nitrogens with zero attached hydrogens (tertiary/aromatic N) is 3. The van der Waals surface area contributed by atoms with E-state index in [4.69, 9.17) is 4.74 Å². The van der Waals surface area contributed by atoms with E-state index in [1.807, 2.05) is 24.0 Å². The number of anilines is 2. The molecule has 3 heterocycles. The maximum Gasteiger partial charge on any atom is 0.262 e. The van der Waals surface area contributed by atoms with E-state index in [9.17, 15) is 4.79 Å². The van der Waals surface area contributed by atoms with Gasteiger partial charge in [-0.3, -0.25) is 4.79 Å². The number of likely N-dealkylation sites (tertiary alicyclic amines) is 1. The molecule has 0 unspecified atom stereocenters. The molecule has 1 saturated heterocycles. The van der Waals surface area contributed by atoms with Crippen molar-refractivity contribution in [2.75, 3.05) is 43.5 Å². The van der Waals surface area contributed by atoms with Gasteiger partial charge in [-0.2, -0.15) is 5.10 Å². The summed E-state index contributed by atoms with van der Waals surface area (Å²) in [6, 6.07) is 3.68. The van der Waals surface area contributed by atoms with Crippen LogP contribution in [0.2, 0.25) is 0 Å². The zero-order valence-electron chi connectivity index (χ0n) is 14.6. The van der Waals surface area contributed by atoms with Crippen LogP contribution in [0.25, 0.3) is 0 Å². The van der Waals surface area contributed by atoms with Gasteiger partial charge in [0, 0.05) is 29.5 Å². The summed E-state index contributed by atoms with van der Waals surface area (Å²) in [6.45, 7) is 7.59. The Morgan fingerprint density at radius 1 is 1.48 bits per heavy atom. The van der Waals surface area contributed by atoms with Crippen LogP contribution in [0.15, 0.2) is 21.7 Å². The van der Waals surface area contributed by atoms with Gasteiger partial charge in [-0.1, -0.05) is 6.92 Å². The molecule has 1 aromatic rings. The molecule has 0 spiro atoms. The Hall–Kier alpha value is -1.80. The zero-order chi connectivity index (χ0) is 17.8. The molecule has 134 valence electrons. The minimum Gasteiger partial charge on any atom is -0.483 e. The van der Waals surface area contributed by atoms with Crippen molar-refractivity contribution in [3.05, 3.63) is 16.6 Å². The molecule has 0 saturated carbocycles. The molecule has 0 radical (unpaired) electrons. The van der Waals surface area contributed by atoms with Crippen LogP contribution in [-0.2, 0) is 4.79 Å². The minimum absolute atomic E-state index is 0.112. The number of ether oxygens (including phenoxy) is 1. The minimum atomic E-state index is -0.318. The predicted octanol–water partition coefficient (Wildman–Crippen LogP) is 1.84. The summed E-state index contributed by atoms with van der Waals surface area (Å²) in [5.41, 5.74) is 4.70. The fraction of sp³-hybridized carbons (Fsp3) is 0.529. The second kappa shape index (κ2) is 5.88. The first-order valence-electron chi connectivity index (χ1n) is 8.41. The quantitative estimate of drug-likeness (QED) is 0.799. The lowest BCUT2D eigenvalue weighted by Gasteiger charge is -2.46. The molecule has 1 aromatic carbocycles. The van der Waals surface area contributed by atoms with E-state index in [-0.39, 0.29) is 17.4 Å². The van der Waals surface area contributed by atoms with Gasteiger partial charge >= 0.3 is 0 Å². The SMILES string of the molecule is C[C@@H]1C(=O)NN=C2COc3cc(Br)c(NCC4(C)CN(C)C4)cc3N21. The standard InChI is InChI=1S/C17H22BrN5O2/c1-10-16(24)21-20-15-6-25-14-4-11(18)12(5-13(14)23(10)15)19-7-17(2)8-22(3)9-17/h4-5,10,19H,6-9H2,1-3H3,(H,21,24)/t10-/m1/s1. The molecule has 3 aliphatic heterocycles. The lowest BCUT2D eigenvalue weighted by atomic mass is 9.82. The smallest absolute Gasteiger partial charge is 0.262 e. The molecular formula is C17H22BrN5O2. The molecule has 1 fully saturated rings. The molecule has 25 heavy (non-hydrogen) atoms. The van der Waals surface area contributed by atoms with E-state index < -0.39 is 0 Å². The van der Waals surface area contributed by atoms with Gasteiger partial charge in [0.25, 0.3) is 5.91 Å². The van der Waals surface area contributed by atoms with Gasteiger partial charge in [-0.25, -0.2) is 5.43 Å². The predicted molar refractivity (Wildman–Crippen MR) is 101 cm³/mol. The number of amides is 1. The maximum absolute atomic E-state index is 12.0. The van der Waals surface area contributed by atoms with Crippen LogP contribution in [0.4, 0.5) is 11.4 Å². The summed E-state index contributed by atoms with van der Waals surface area (Å²) >= 11 is 3.63. The third-order valence-electron chi connectivity index (χ3n) is 5.01. The summed E-state index contributed by atoms with van der Waals surface area (Å²) in [5, 5.41) is 7.68. The van der Waals surface area contributed by atoms with Crippen molar-refractivity contribution in [2.45, 2.75) is 19.9 Å². The fourth-order valence-corrected chi connectivity index (χ4v) is 4.32. The fourth-order valence-electron chi connectivity index (χ4n) is 3.86. The van der Waals surface area contributed by atoms with Gasteiger partial charge in [-0.15, -0.1) is 0 Å². The number of nitrogens with one attached hydrogen (secondary N) is 2. The van der Waals surface area contributed by atoms with E-state index in [1.165, 1.54) is 0 Å². The summed E-state index contributed by atoms with van der Waals surface area (Å²) in [7, 11) is 2.14. The highest BCUT2D eigenvalue weighted by Crippen LogP contribution is 2.41. The Labute approximate surface area is 155 Å². The number of benzene rings is 1. The Morgan fingerprint density at radius 3 is 2.96 bits per heavy atom. The van der Waals surface area contributed by atoms with Gasteiger partial charge in [0.2, 0.25) is 0 Å². The molecule has 1 amide bonds. The Kier molecular flexibility index (Phi) is 3.92. The van der Waals surface area contributed by atoms with Crippen LogP contribution in [0.3, 0.4) is 0 Å². The normalized spacial score (nSPS) is 24.3. The molecule has 0 aromatic heterocycles. The molecule has 0 bridgehead atoms. The average molecular weight is 408 g/mol. The first-order chi connectivity index (χ1) is 11.9. The van der Waals surface area contributed by atoms with E-state index in [2.05, 4.69) is 50.6 Å². The monoisotopic (exact) mass is 407 g/mol. The number of hydrogen-bond donors (Lipinski definition) is 2. The molecule has 8 heteroatoms. The van der Waals surface area contributed by atoms with Crippen molar-refractivity contribution in [2.24, 2.45) is 10.5 Å². The Bertz CT molecular complexity index is 760. The van der Waals surface area contributed by atoms with Crippen molar-refractivity contribution in [1.82, 2.24) is 10.3 Å². The van der Waals surface area contributed by atoms with Crippen molar-refractivity contribution in [3.63, 3.8) is 0 Å². The van der Waals surface area contributed by atoms with Gasteiger partial charge in [0.15, 0.2) is 5.84 Å². The number of carbonyl (C=O) groups is 1. The number of hydrazone groups is 1. The van der Waals surface area contributed by atoms with Crippen LogP contribution in [0.1, 0.15) is 13.8 Å². The average Bonchev–Trinajstić information content (AvgIpc) is 2.54. The highest BCUT2D eigenvalue weighted by Gasteiger charge is 2.37. The number of fused-ring (bicyclic) bond motifs is 3. The number of carbonyl (C=O) groups excluding carboxylic acids is 1. The summed E-state index contributed by atoms with van der Waals surface area (Å²) in [4.78, 5) is 16.3. The van der Waals surface area contributed by atoms with Crippen molar-refractivity contribution >= 4 is 39.0 Å². The van der Waals surface area contributed by atoms with E-state index in [0.717, 1.165) is 47.1 Å². The van der Waals surface area contributed by atoms with E-state index in [0.29, 0.717) is 6.61 Å². The molecule has 3 aliphatic rings. The second-order valence-corrected chi connectivity index (χ2v) is 8.33.